The maximum absolute atomic E-state index is 12.4. The van der Waals surface area contributed by atoms with E-state index in [1.165, 1.54) is 12.1 Å². The van der Waals surface area contributed by atoms with Crippen LogP contribution in [-0.2, 0) is 4.79 Å². The lowest BCUT2D eigenvalue weighted by atomic mass is 10.2. The van der Waals surface area contributed by atoms with Crippen molar-refractivity contribution in [2.24, 2.45) is 0 Å². The highest BCUT2D eigenvalue weighted by Crippen LogP contribution is 2.27. The first-order chi connectivity index (χ1) is 12.5. The van der Waals surface area contributed by atoms with Gasteiger partial charge in [0.05, 0.1) is 11.5 Å². The second-order valence-corrected chi connectivity index (χ2v) is 6.41. The Balaban J connectivity index is 1.55. The molecule has 0 aliphatic carbocycles. The van der Waals surface area contributed by atoms with Gasteiger partial charge in [-0.05, 0) is 24.3 Å². The van der Waals surface area contributed by atoms with Gasteiger partial charge in [0, 0.05) is 43.0 Å². The summed E-state index contributed by atoms with van der Waals surface area (Å²) >= 11 is 5.80. The fraction of sp³-hybridized carbons (Fsp3) is 0.278. The van der Waals surface area contributed by atoms with Crippen molar-refractivity contribution in [2.75, 3.05) is 42.9 Å². The first-order valence-corrected chi connectivity index (χ1v) is 8.68. The predicted octanol–water partition coefficient (Wildman–Crippen LogP) is 3.01. The second-order valence-electron chi connectivity index (χ2n) is 5.98. The van der Waals surface area contributed by atoms with Gasteiger partial charge in [-0.2, -0.15) is 0 Å². The monoisotopic (exact) mass is 374 g/mol. The van der Waals surface area contributed by atoms with Gasteiger partial charge < -0.3 is 15.1 Å². The first kappa shape index (κ1) is 18.0. The summed E-state index contributed by atoms with van der Waals surface area (Å²) in [4.78, 5) is 27.0. The van der Waals surface area contributed by atoms with Crippen LogP contribution in [0.4, 0.5) is 17.1 Å². The molecule has 0 atom stereocenters. The number of nitrogens with one attached hydrogen (secondary N) is 1. The SMILES string of the molecule is O=C(CNc1ccc(Cl)cc1[N+](=O)[O-])N1CCN(c2ccccc2)CC1. The van der Waals surface area contributed by atoms with E-state index in [2.05, 4.69) is 22.3 Å². The minimum absolute atomic E-state index is 0.00775. The highest BCUT2D eigenvalue weighted by molar-refractivity contribution is 6.30. The molecule has 2 aromatic rings. The first-order valence-electron chi connectivity index (χ1n) is 8.30. The molecule has 1 aliphatic heterocycles. The summed E-state index contributed by atoms with van der Waals surface area (Å²) in [7, 11) is 0. The lowest BCUT2D eigenvalue weighted by Gasteiger charge is -2.36. The number of nitro groups is 1. The van der Waals surface area contributed by atoms with E-state index in [4.69, 9.17) is 11.6 Å². The van der Waals surface area contributed by atoms with E-state index in [0.29, 0.717) is 13.1 Å². The van der Waals surface area contributed by atoms with Crippen molar-refractivity contribution in [3.05, 3.63) is 63.7 Å². The van der Waals surface area contributed by atoms with E-state index in [0.717, 1.165) is 18.8 Å². The number of amides is 1. The molecule has 3 rings (SSSR count). The van der Waals surface area contributed by atoms with Gasteiger partial charge in [-0.1, -0.05) is 29.8 Å². The van der Waals surface area contributed by atoms with E-state index in [1.807, 2.05) is 18.2 Å². The minimum atomic E-state index is -0.517. The molecule has 1 amide bonds. The molecular formula is C18H19ClN4O3. The molecule has 8 heteroatoms. The largest absolute Gasteiger partial charge is 0.371 e. The summed E-state index contributed by atoms with van der Waals surface area (Å²) in [5, 5.41) is 14.2. The van der Waals surface area contributed by atoms with E-state index in [1.54, 1.807) is 11.0 Å². The van der Waals surface area contributed by atoms with Crippen molar-refractivity contribution in [2.45, 2.75) is 0 Å². The number of carbonyl (C=O) groups is 1. The van der Waals surface area contributed by atoms with E-state index < -0.39 is 4.92 Å². The van der Waals surface area contributed by atoms with E-state index in [-0.39, 0.29) is 28.8 Å². The molecule has 1 aliphatic rings. The van der Waals surface area contributed by atoms with Crippen molar-refractivity contribution >= 4 is 34.6 Å². The number of benzene rings is 2. The number of halogens is 1. The molecule has 7 nitrogen and oxygen atoms in total. The fourth-order valence-electron chi connectivity index (χ4n) is 2.94. The molecule has 0 aromatic heterocycles. The molecule has 0 spiro atoms. The van der Waals surface area contributed by atoms with Crippen LogP contribution in [0.5, 0.6) is 0 Å². The number of carbonyl (C=O) groups excluding carboxylic acids is 1. The van der Waals surface area contributed by atoms with Crippen molar-refractivity contribution in [1.82, 2.24) is 4.90 Å². The number of anilines is 2. The van der Waals surface area contributed by atoms with Gasteiger partial charge >= 0.3 is 0 Å². The Kier molecular flexibility index (Phi) is 5.58. The average Bonchev–Trinajstić information content (AvgIpc) is 2.67. The number of para-hydroxylation sites is 1. The number of piperazine rings is 1. The van der Waals surface area contributed by atoms with Gasteiger partial charge in [-0.15, -0.1) is 0 Å². The van der Waals surface area contributed by atoms with Crippen molar-refractivity contribution in [1.29, 1.82) is 0 Å². The summed E-state index contributed by atoms with van der Waals surface area (Å²) in [6.07, 6.45) is 0. The van der Waals surface area contributed by atoms with Crippen LogP contribution in [0.1, 0.15) is 0 Å². The molecule has 26 heavy (non-hydrogen) atoms. The topological polar surface area (TPSA) is 78.7 Å². The molecule has 1 N–H and O–H groups in total. The quantitative estimate of drug-likeness (QED) is 0.643. The third-order valence-electron chi connectivity index (χ3n) is 4.34. The summed E-state index contributed by atoms with van der Waals surface area (Å²) in [5.41, 5.74) is 1.30. The lowest BCUT2D eigenvalue weighted by molar-refractivity contribution is -0.383. The van der Waals surface area contributed by atoms with Crippen LogP contribution in [0.25, 0.3) is 0 Å². The van der Waals surface area contributed by atoms with Gasteiger partial charge in [-0.3, -0.25) is 14.9 Å². The summed E-state index contributed by atoms with van der Waals surface area (Å²) in [6.45, 7) is 2.78. The van der Waals surface area contributed by atoms with Crippen LogP contribution in [0.2, 0.25) is 5.02 Å². The Morgan fingerprint density at radius 3 is 2.46 bits per heavy atom. The normalized spacial score (nSPS) is 14.2. The van der Waals surface area contributed by atoms with Gasteiger partial charge in [-0.25, -0.2) is 0 Å². The lowest BCUT2D eigenvalue weighted by Crippen LogP contribution is -2.50. The molecule has 2 aromatic carbocycles. The standard InChI is InChI=1S/C18H19ClN4O3/c19-14-6-7-16(17(12-14)23(25)26)20-13-18(24)22-10-8-21(9-11-22)15-4-2-1-3-5-15/h1-7,12,20H,8-11,13H2. The molecule has 1 heterocycles. The predicted molar refractivity (Wildman–Crippen MR) is 102 cm³/mol. The Bertz CT molecular complexity index is 792. The molecule has 1 fully saturated rings. The van der Waals surface area contributed by atoms with Crippen LogP contribution < -0.4 is 10.2 Å². The van der Waals surface area contributed by atoms with Crippen LogP contribution in [-0.4, -0.2) is 48.5 Å². The highest BCUT2D eigenvalue weighted by atomic mass is 35.5. The molecule has 0 saturated carbocycles. The Morgan fingerprint density at radius 1 is 1.12 bits per heavy atom. The third kappa shape index (κ3) is 4.23. The number of nitro benzene ring substituents is 1. The Hall–Kier alpha value is -2.80. The summed E-state index contributed by atoms with van der Waals surface area (Å²) < 4.78 is 0. The summed E-state index contributed by atoms with van der Waals surface area (Å²) in [6, 6.07) is 14.4. The molecular weight excluding hydrogens is 356 g/mol. The fourth-order valence-corrected chi connectivity index (χ4v) is 3.11. The molecule has 0 radical (unpaired) electrons. The van der Waals surface area contributed by atoms with E-state index >= 15 is 0 Å². The number of rotatable bonds is 5. The Morgan fingerprint density at radius 2 is 1.81 bits per heavy atom. The number of hydrogen-bond acceptors (Lipinski definition) is 5. The van der Waals surface area contributed by atoms with Crippen LogP contribution in [0, 0.1) is 10.1 Å². The Labute approximate surface area is 156 Å². The molecule has 136 valence electrons. The smallest absolute Gasteiger partial charge is 0.293 e. The van der Waals surface area contributed by atoms with Gasteiger partial charge in [0.1, 0.15) is 5.69 Å². The van der Waals surface area contributed by atoms with Gasteiger partial charge in [0.25, 0.3) is 5.69 Å². The highest BCUT2D eigenvalue weighted by Gasteiger charge is 2.22. The van der Waals surface area contributed by atoms with Crippen LogP contribution in [0.15, 0.2) is 48.5 Å². The zero-order valence-electron chi connectivity index (χ0n) is 14.1. The third-order valence-corrected chi connectivity index (χ3v) is 4.58. The zero-order valence-corrected chi connectivity index (χ0v) is 14.9. The van der Waals surface area contributed by atoms with Crippen LogP contribution >= 0.6 is 11.6 Å². The molecule has 1 saturated heterocycles. The zero-order chi connectivity index (χ0) is 18.5. The van der Waals surface area contributed by atoms with Gasteiger partial charge in [0.15, 0.2) is 0 Å². The van der Waals surface area contributed by atoms with E-state index in [9.17, 15) is 14.9 Å². The number of hydrogen-bond donors (Lipinski definition) is 1. The molecule has 0 unspecified atom stereocenters. The van der Waals surface area contributed by atoms with Crippen molar-refractivity contribution < 1.29 is 9.72 Å². The van der Waals surface area contributed by atoms with Crippen molar-refractivity contribution in [3.8, 4) is 0 Å². The van der Waals surface area contributed by atoms with Crippen molar-refractivity contribution in [3.63, 3.8) is 0 Å². The molecule has 0 bridgehead atoms. The average molecular weight is 375 g/mol. The summed E-state index contributed by atoms with van der Waals surface area (Å²) in [5.74, 6) is -0.0815. The van der Waals surface area contributed by atoms with Gasteiger partial charge in [0.2, 0.25) is 5.91 Å². The maximum atomic E-state index is 12.4. The number of nitrogens with zero attached hydrogens (tertiary/aromatic N) is 3. The minimum Gasteiger partial charge on any atom is -0.371 e. The van der Waals surface area contributed by atoms with Crippen LogP contribution in [0.3, 0.4) is 0 Å². The second kappa shape index (κ2) is 8.05. The maximum Gasteiger partial charge on any atom is 0.293 e.